The zero-order chi connectivity index (χ0) is 15.7. The van der Waals surface area contributed by atoms with Gasteiger partial charge in [-0.1, -0.05) is 13.3 Å². The number of likely N-dealkylation sites (tertiary alicyclic amines) is 1. The minimum Gasteiger partial charge on any atom is -0.339 e. The van der Waals surface area contributed by atoms with E-state index in [-0.39, 0.29) is 36.2 Å². The van der Waals surface area contributed by atoms with Crippen LogP contribution in [0.3, 0.4) is 0 Å². The normalized spacial score (nSPS) is 31.7. The molecule has 3 aliphatic heterocycles. The van der Waals surface area contributed by atoms with Crippen molar-refractivity contribution in [3.05, 3.63) is 0 Å². The van der Waals surface area contributed by atoms with Gasteiger partial charge in [-0.3, -0.25) is 9.59 Å². The van der Waals surface area contributed by atoms with Gasteiger partial charge in [0, 0.05) is 37.6 Å². The molecule has 0 saturated carbocycles. The average Bonchev–Trinajstić information content (AvgIpc) is 2.98. The second kappa shape index (κ2) is 7.84. The lowest BCUT2D eigenvalue weighted by atomic mass is 10.1. The van der Waals surface area contributed by atoms with Crippen LogP contribution in [0.2, 0.25) is 0 Å². The molecule has 0 aromatic heterocycles. The summed E-state index contributed by atoms with van der Waals surface area (Å²) in [5, 5.41) is 3.44. The van der Waals surface area contributed by atoms with Gasteiger partial charge in [0.25, 0.3) is 0 Å². The molecule has 3 fully saturated rings. The third kappa shape index (κ3) is 3.66. The van der Waals surface area contributed by atoms with Crippen LogP contribution < -0.4 is 5.32 Å². The highest BCUT2D eigenvalue weighted by molar-refractivity contribution is 5.90. The highest BCUT2D eigenvalue weighted by Gasteiger charge is 2.44. The summed E-state index contributed by atoms with van der Waals surface area (Å²) in [5.41, 5.74) is 0. The predicted octanol–water partition coefficient (Wildman–Crippen LogP) is 1.80. The van der Waals surface area contributed by atoms with E-state index in [1.54, 1.807) is 0 Å². The van der Waals surface area contributed by atoms with Crippen LogP contribution in [0.4, 0.5) is 0 Å². The van der Waals surface area contributed by atoms with Gasteiger partial charge in [0.05, 0.1) is 5.92 Å². The van der Waals surface area contributed by atoms with Crippen LogP contribution in [0.1, 0.15) is 52.4 Å². The summed E-state index contributed by atoms with van der Waals surface area (Å²) in [6, 6.07) is 1.000. The van der Waals surface area contributed by atoms with Crippen LogP contribution in [0.25, 0.3) is 0 Å². The molecule has 3 aliphatic rings. The van der Waals surface area contributed by atoms with Crippen molar-refractivity contribution in [3.8, 4) is 0 Å². The monoisotopic (exact) mass is 343 g/mol. The molecule has 23 heavy (non-hydrogen) atoms. The molecule has 6 heteroatoms. The van der Waals surface area contributed by atoms with E-state index in [0.29, 0.717) is 25.0 Å². The number of nitrogens with zero attached hydrogens (tertiary/aromatic N) is 2. The van der Waals surface area contributed by atoms with Crippen molar-refractivity contribution in [2.24, 2.45) is 5.92 Å². The Labute approximate surface area is 145 Å². The van der Waals surface area contributed by atoms with Crippen LogP contribution in [-0.2, 0) is 9.59 Å². The van der Waals surface area contributed by atoms with Gasteiger partial charge in [-0.25, -0.2) is 0 Å². The number of rotatable bonds is 4. The van der Waals surface area contributed by atoms with Gasteiger partial charge in [0.2, 0.25) is 11.8 Å². The van der Waals surface area contributed by atoms with Crippen molar-refractivity contribution in [2.45, 2.75) is 70.5 Å². The smallest absolute Gasteiger partial charge is 0.228 e. The lowest BCUT2D eigenvalue weighted by molar-refractivity contribution is -0.138. The standard InChI is InChI=1S/C17H29N3O2.ClH/c1-3-4-12(2)19-11-13(9-16(19)21)17(22)20-14-5-6-15(20)10-18-8-7-14;/h12-15,18H,3-11H2,1-2H3;1H. The molecule has 4 unspecified atom stereocenters. The van der Waals surface area contributed by atoms with E-state index in [2.05, 4.69) is 24.1 Å². The third-order valence-corrected chi connectivity index (χ3v) is 5.65. The molecule has 0 radical (unpaired) electrons. The molecule has 4 atom stereocenters. The first-order valence-electron chi connectivity index (χ1n) is 8.94. The highest BCUT2D eigenvalue weighted by atomic mass is 35.5. The van der Waals surface area contributed by atoms with Crippen LogP contribution in [0.15, 0.2) is 0 Å². The van der Waals surface area contributed by atoms with E-state index in [1.807, 2.05) is 4.90 Å². The van der Waals surface area contributed by atoms with Crippen LogP contribution >= 0.6 is 12.4 Å². The summed E-state index contributed by atoms with van der Waals surface area (Å²) in [4.78, 5) is 29.3. The lowest BCUT2D eigenvalue weighted by Crippen LogP contribution is -2.46. The topological polar surface area (TPSA) is 52.7 Å². The number of amides is 2. The summed E-state index contributed by atoms with van der Waals surface area (Å²) in [6.45, 7) is 6.80. The molecular weight excluding hydrogens is 314 g/mol. The molecule has 3 heterocycles. The summed E-state index contributed by atoms with van der Waals surface area (Å²) in [5.74, 6) is 0.281. The Morgan fingerprint density at radius 2 is 2.04 bits per heavy atom. The number of hydrogen-bond donors (Lipinski definition) is 1. The number of hydrogen-bond acceptors (Lipinski definition) is 3. The molecule has 0 aliphatic carbocycles. The Morgan fingerprint density at radius 1 is 1.30 bits per heavy atom. The minimum atomic E-state index is -0.118. The lowest BCUT2D eigenvalue weighted by Gasteiger charge is -2.31. The zero-order valence-corrected chi connectivity index (χ0v) is 15.1. The van der Waals surface area contributed by atoms with E-state index in [4.69, 9.17) is 0 Å². The van der Waals surface area contributed by atoms with E-state index in [9.17, 15) is 9.59 Å². The van der Waals surface area contributed by atoms with Gasteiger partial charge in [-0.2, -0.15) is 0 Å². The first-order chi connectivity index (χ1) is 10.6. The Kier molecular flexibility index (Phi) is 6.32. The SMILES string of the molecule is CCCC(C)N1CC(C(=O)N2C3CCNCC2CC3)CC1=O.Cl. The molecule has 0 aromatic rings. The molecule has 5 nitrogen and oxygen atoms in total. The molecular formula is C17H30ClN3O2. The average molecular weight is 344 g/mol. The molecule has 2 bridgehead atoms. The fourth-order valence-electron chi connectivity index (χ4n) is 4.45. The van der Waals surface area contributed by atoms with E-state index < -0.39 is 0 Å². The van der Waals surface area contributed by atoms with Gasteiger partial charge in [0.15, 0.2) is 0 Å². The maximum atomic E-state index is 13.0. The third-order valence-electron chi connectivity index (χ3n) is 5.65. The fraction of sp³-hybridized carbons (Fsp3) is 0.882. The van der Waals surface area contributed by atoms with Crippen LogP contribution in [0, 0.1) is 5.92 Å². The van der Waals surface area contributed by atoms with Crippen molar-refractivity contribution in [1.29, 1.82) is 0 Å². The predicted molar refractivity (Wildman–Crippen MR) is 92.6 cm³/mol. The quantitative estimate of drug-likeness (QED) is 0.846. The van der Waals surface area contributed by atoms with Crippen LogP contribution in [-0.4, -0.2) is 59.4 Å². The second-order valence-corrected chi connectivity index (χ2v) is 7.21. The number of fused-ring (bicyclic) bond motifs is 2. The Balaban J connectivity index is 0.00000192. The van der Waals surface area contributed by atoms with E-state index in [0.717, 1.165) is 45.2 Å². The van der Waals surface area contributed by atoms with Gasteiger partial charge in [-0.05, 0) is 39.2 Å². The second-order valence-electron chi connectivity index (χ2n) is 7.21. The van der Waals surface area contributed by atoms with Crippen molar-refractivity contribution >= 4 is 24.2 Å². The first kappa shape index (κ1) is 18.5. The maximum absolute atomic E-state index is 13.0. The number of halogens is 1. The molecule has 1 N–H and O–H groups in total. The van der Waals surface area contributed by atoms with Crippen molar-refractivity contribution < 1.29 is 9.59 Å². The van der Waals surface area contributed by atoms with Gasteiger partial charge < -0.3 is 15.1 Å². The number of carbonyl (C=O) groups is 2. The fourth-order valence-corrected chi connectivity index (χ4v) is 4.45. The van der Waals surface area contributed by atoms with E-state index in [1.165, 1.54) is 0 Å². The Bertz CT molecular complexity index is 432. The molecule has 0 spiro atoms. The minimum absolute atomic E-state index is 0. The van der Waals surface area contributed by atoms with Crippen molar-refractivity contribution in [1.82, 2.24) is 15.1 Å². The molecule has 3 saturated heterocycles. The summed E-state index contributed by atoms with van der Waals surface area (Å²) >= 11 is 0. The maximum Gasteiger partial charge on any atom is 0.228 e. The summed E-state index contributed by atoms with van der Waals surface area (Å²) < 4.78 is 0. The van der Waals surface area contributed by atoms with Crippen molar-refractivity contribution in [3.63, 3.8) is 0 Å². The summed E-state index contributed by atoms with van der Waals surface area (Å²) in [6.07, 6.45) is 5.81. The number of nitrogens with one attached hydrogen (secondary N) is 1. The highest BCUT2D eigenvalue weighted by Crippen LogP contribution is 2.32. The van der Waals surface area contributed by atoms with Gasteiger partial charge in [0.1, 0.15) is 0 Å². The van der Waals surface area contributed by atoms with Crippen molar-refractivity contribution in [2.75, 3.05) is 19.6 Å². The Morgan fingerprint density at radius 3 is 2.78 bits per heavy atom. The van der Waals surface area contributed by atoms with E-state index >= 15 is 0 Å². The van der Waals surface area contributed by atoms with Crippen LogP contribution in [0.5, 0.6) is 0 Å². The molecule has 132 valence electrons. The Hall–Kier alpha value is -0.810. The van der Waals surface area contributed by atoms with Gasteiger partial charge in [-0.15, -0.1) is 12.4 Å². The molecule has 0 aromatic carbocycles. The van der Waals surface area contributed by atoms with Gasteiger partial charge >= 0.3 is 0 Å². The molecule has 2 amide bonds. The number of carbonyl (C=O) groups excluding carboxylic acids is 2. The largest absolute Gasteiger partial charge is 0.339 e. The zero-order valence-electron chi connectivity index (χ0n) is 14.3. The first-order valence-corrected chi connectivity index (χ1v) is 8.94. The summed E-state index contributed by atoms with van der Waals surface area (Å²) in [7, 11) is 0. The molecule has 3 rings (SSSR count).